The van der Waals surface area contributed by atoms with E-state index in [1.807, 2.05) is 31.2 Å². The van der Waals surface area contributed by atoms with Crippen LogP contribution in [0.2, 0.25) is 0 Å². The molecule has 2 N–H and O–H groups in total. The number of carboxylic acids is 1. The third-order valence-corrected chi connectivity index (χ3v) is 2.98. The molecule has 0 spiro atoms. The molecule has 1 aromatic carbocycles. The third-order valence-electron chi connectivity index (χ3n) is 2.98. The molecule has 0 bridgehead atoms. The highest BCUT2D eigenvalue weighted by molar-refractivity contribution is 5.75. The number of nitrogens with zero attached hydrogens (tertiary/aromatic N) is 1. The first-order chi connectivity index (χ1) is 8.72. The van der Waals surface area contributed by atoms with Gasteiger partial charge in [-0.05, 0) is 19.1 Å². The standard InChI is InChI=1S/C13H18N2O3/c1-2-18-12-6-4-3-5-11(12)15-8-7-14-10(9-15)13(16)17/h3-6,10,14H,2,7-9H2,1H3,(H,16,17). The zero-order chi connectivity index (χ0) is 13.0. The molecular weight excluding hydrogens is 232 g/mol. The topological polar surface area (TPSA) is 61.8 Å². The molecule has 1 aliphatic heterocycles. The Labute approximate surface area is 106 Å². The highest BCUT2D eigenvalue weighted by Crippen LogP contribution is 2.28. The first-order valence-corrected chi connectivity index (χ1v) is 6.15. The summed E-state index contributed by atoms with van der Waals surface area (Å²) in [4.78, 5) is 13.1. The van der Waals surface area contributed by atoms with E-state index in [1.165, 1.54) is 0 Å². The van der Waals surface area contributed by atoms with E-state index in [4.69, 9.17) is 9.84 Å². The van der Waals surface area contributed by atoms with E-state index in [1.54, 1.807) is 0 Å². The van der Waals surface area contributed by atoms with Gasteiger partial charge in [-0.25, -0.2) is 0 Å². The summed E-state index contributed by atoms with van der Waals surface area (Å²) in [7, 11) is 0. The fourth-order valence-electron chi connectivity index (χ4n) is 2.13. The molecular formula is C13H18N2O3. The summed E-state index contributed by atoms with van der Waals surface area (Å²) in [5, 5.41) is 12.0. The van der Waals surface area contributed by atoms with E-state index >= 15 is 0 Å². The number of ether oxygens (including phenoxy) is 1. The van der Waals surface area contributed by atoms with Gasteiger partial charge in [0.2, 0.25) is 0 Å². The van der Waals surface area contributed by atoms with E-state index in [-0.39, 0.29) is 0 Å². The van der Waals surface area contributed by atoms with E-state index in [0.29, 0.717) is 19.7 Å². The van der Waals surface area contributed by atoms with Gasteiger partial charge >= 0.3 is 5.97 Å². The van der Waals surface area contributed by atoms with Gasteiger partial charge in [0, 0.05) is 19.6 Å². The van der Waals surface area contributed by atoms with Crippen LogP contribution in [0.1, 0.15) is 6.92 Å². The summed E-state index contributed by atoms with van der Waals surface area (Å²) < 4.78 is 5.58. The number of hydrogen-bond donors (Lipinski definition) is 2. The number of aliphatic carboxylic acids is 1. The first-order valence-electron chi connectivity index (χ1n) is 6.15. The molecule has 1 aliphatic rings. The molecule has 5 heteroatoms. The van der Waals surface area contributed by atoms with Gasteiger partial charge in [0.25, 0.3) is 0 Å². The fourth-order valence-corrected chi connectivity index (χ4v) is 2.13. The summed E-state index contributed by atoms with van der Waals surface area (Å²) in [6.07, 6.45) is 0. The van der Waals surface area contributed by atoms with Crippen LogP contribution in [0.3, 0.4) is 0 Å². The minimum absolute atomic E-state index is 0.458. The van der Waals surface area contributed by atoms with Crippen molar-refractivity contribution >= 4 is 11.7 Å². The Kier molecular flexibility index (Phi) is 4.04. The Bertz CT molecular complexity index is 422. The number of nitrogens with one attached hydrogen (secondary N) is 1. The summed E-state index contributed by atoms with van der Waals surface area (Å²) >= 11 is 0. The van der Waals surface area contributed by atoms with Gasteiger partial charge in [-0.15, -0.1) is 0 Å². The monoisotopic (exact) mass is 250 g/mol. The zero-order valence-corrected chi connectivity index (χ0v) is 10.4. The second-order valence-electron chi connectivity index (χ2n) is 4.19. The second-order valence-corrected chi connectivity index (χ2v) is 4.19. The number of anilines is 1. The van der Waals surface area contributed by atoms with Crippen LogP contribution in [0.25, 0.3) is 0 Å². The molecule has 1 unspecified atom stereocenters. The minimum atomic E-state index is -0.811. The van der Waals surface area contributed by atoms with Gasteiger partial charge in [-0.3, -0.25) is 4.79 Å². The summed E-state index contributed by atoms with van der Waals surface area (Å²) in [5.74, 6) is -0.000343. The fraction of sp³-hybridized carbons (Fsp3) is 0.462. The largest absolute Gasteiger partial charge is 0.492 e. The normalized spacial score (nSPS) is 19.6. The Hall–Kier alpha value is -1.75. The summed E-state index contributed by atoms with van der Waals surface area (Å²) in [5.41, 5.74) is 0.965. The Balaban J connectivity index is 2.17. The van der Waals surface area contributed by atoms with Crippen LogP contribution in [-0.2, 0) is 4.79 Å². The smallest absolute Gasteiger partial charge is 0.322 e. The van der Waals surface area contributed by atoms with Crippen molar-refractivity contribution in [2.24, 2.45) is 0 Å². The molecule has 98 valence electrons. The average molecular weight is 250 g/mol. The zero-order valence-electron chi connectivity index (χ0n) is 10.4. The predicted octanol–water partition coefficient (Wildman–Crippen LogP) is 0.948. The van der Waals surface area contributed by atoms with Gasteiger partial charge in [-0.1, -0.05) is 12.1 Å². The van der Waals surface area contributed by atoms with Crippen molar-refractivity contribution in [3.05, 3.63) is 24.3 Å². The SMILES string of the molecule is CCOc1ccccc1N1CCNC(C(=O)O)C1. The molecule has 5 nitrogen and oxygen atoms in total. The van der Waals surface area contributed by atoms with Crippen LogP contribution in [0.15, 0.2) is 24.3 Å². The van der Waals surface area contributed by atoms with E-state index < -0.39 is 12.0 Å². The van der Waals surface area contributed by atoms with Gasteiger partial charge in [-0.2, -0.15) is 0 Å². The number of carbonyl (C=O) groups is 1. The lowest BCUT2D eigenvalue weighted by molar-refractivity contribution is -0.139. The quantitative estimate of drug-likeness (QED) is 0.833. The molecule has 0 amide bonds. The number of piperazine rings is 1. The molecule has 0 saturated carbocycles. The number of rotatable bonds is 4. The van der Waals surface area contributed by atoms with E-state index in [0.717, 1.165) is 18.0 Å². The Morgan fingerprint density at radius 2 is 2.33 bits per heavy atom. The maximum atomic E-state index is 11.0. The van der Waals surface area contributed by atoms with Crippen molar-refractivity contribution in [1.29, 1.82) is 0 Å². The third kappa shape index (κ3) is 2.73. The van der Waals surface area contributed by atoms with Crippen molar-refractivity contribution < 1.29 is 14.6 Å². The van der Waals surface area contributed by atoms with Crippen LogP contribution >= 0.6 is 0 Å². The van der Waals surface area contributed by atoms with Gasteiger partial charge < -0.3 is 20.1 Å². The highest BCUT2D eigenvalue weighted by atomic mass is 16.5. The molecule has 1 heterocycles. The van der Waals surface area contributed by atoms with Crippen molar-refractivity contribution in [3.8, 4) is 5.75 Å². The lowest BCUT2D eigenvalue weighted by atomic mass is 10.1. The lowest BCUT2D eigenvalue weighted by Gasteiger charge is -2.34. The number of carboxylic acid groups (broad SMARTS) is 1. The number of para-hydroxylation sites is 2. The van der Waals surface area contributed by atoms with Crippen molar-refractivity contribution in [1.82, 2.24) is 5.32 Å². The number of benzene rings is 1. The number of hydrogen-bond acceptors (Lipinski definition) is 4. The first kappa shape index (κ1) is 12.7. The van der Waals surface area contributed by atoms with Crippen molar-refractivity contribution in [2.45, 2.75) is 13.0 Å². The molecule has 0 aliphatic carbocycles. The maximum absolute atomic E-state index is 11.0. The van der Waals surface area contributed by atoms with Crippen LogP contribution in [0.5, 0.6) is 5.75 Å². The molecule has 1 aromatic rings. The molecule has 0 aromatic heterocycles. The van der Waals surface area contributed by atoms with Crippen LogP contribution in [0.4, 0.5) is 5.69 Å². The van der Waals surface area contributed by atoms with Gasteiger partial charge in [0.15, 0.2) is 0 Å². The summed E-state index contributed by atoms with van der Waals surface area (Å²) in [6, 6.07) is 7.22. The molecule has 1 atom stereocenters. The second kappa shape index (κ2) is 5.73. The van der Waals surface area contributed by atoms with Gasteiger partial charge in [0.1, 0.15) is 11.8 Å². The van der Waals surface area contributed by atoms with Crippen molar-refractivity contribution in [3.63, 3.8) is 0 Å². The van der Waals surface area contributed by atoms with Crippen LogP contribution in [0, 0.1) is 0 Å². The Morgan fingerprint density at radius 3 is 3.06 bits per heavy atom. The molecule has 2 rings (SSSR count). The van der Waals surface area contributed by atoms with Crippen LogP contribution < -0.4 is 15.0 Å². The highest BCUT2D eigenvalue weighted by Gasteiger charge is 2.26. The Morgan fingerprint density at radius 1 is 1.56 bits per heavy atom. The van der Waals surface area contributed by atoms with Gasteiger partial charge in [0.05, 0.1) is 12.3 Å². The predicted molar refractivity (Wildman–Crippen MR) is 69.3 cm³/mol. The van der Waals surface area contributed by atoms with Crippen molar-refractivity contribution in [2.75, 3.05) is 31.1 Å². The average Bonchev–Trinajstić information content (AvgIpc) is 2.40. The molecule has 18 heavy (non-hydrogen) atoms. The lowest BCUT2D eigenvalue weighted by Crippen LogP contribution is -2.54. The van der Waals surface area contributed by atoms with Crippen LogP contribution in [-0.4, -0.2) is 43.4 Å². The van der Waals surface area contributed by atoms with E-state index in [9.17, 15) is 4.79 Å². The molecule has 1 saturated heterocycles. The summed E-state index contributed by atoms with van der Waals surface area (Å²) in [6.45, 7) is 4.45. The van der Waals surface area contributed by atoms with E-state index in [2.05, 4.69) is 10.2 Å². The minimum Gasteiger partial charge on any atom is -0.492 e. The maximum Gasteiger partial charge on any atom is 0.322 e. The molecule has 1 fully saturated rings. The molecule has 0 radical (unpaired) electrons.